The summed E-state index contributed by atoms with van der Waals surface area (Å²) in [5, 5.41) is 6.73. The van der Waals surface area contributed by atoms with Crippen LogP contribution in [0, 0.1) is 0 Å². The summed E-state index contributed by atoms with van der Waals surface area (Å²) in [6, 6.07) is 17.0. The maximum atomic E-state index is 12.7. The molecule has 1 aliphatic heterocycles. The summed E-state index contributed by atoms with van der Waals surface area (Å²) in [5.41, 5.74) is 2.65. The van der Waals surface area contributed by atoms with Crippen LogP contribution in [-0.4, -0.2) is 23.3 Å². The lowest BCUT2D eigenvalue weighted by Gasteiger charge is -2.25. The number of hydrogen-bond donors (Lipinski definition) is 1. The average molecular weight is 435 g/mol. The van der Waals surface area contributed by atoms with Gasteiger partial charge in [0, 0.05) is 36.3 Å². The smallest absolute Gasteiger partial charge is 0.265 e. The Morgan fingerprint density at radius 1 is 0.967 bits per heavy atom. The van der Waals surface area contributed by atoms with Crippen molar-refractivity contribution in [2.75, 3.05) is 11.9 Å². The summed E-state index contributed by atoms with van der Waals surface area (Å²) in [5.74, 6) is 1.62. The molecule has 0 bridgehead atoms. The molecule has 5 rings (SSSR count). The van der Waals surface area contributed by atoms with E-state index in [4.69, 9.17) is 4.42 Å². The number of benzene rings is 1. The highest BCUT2D eigenvalue weighted by Crippen LogP contribution is 2.31. The first-order chi connectivity index (χ1) is 14.7. The number of nitrogens with one attached hydrogen (secondary N) is 1. The van der Waals surface area contributed by atoms with Crippen molar-refractivity contribution in [3.05, 3.63) is 86.4 Å². The number of fused-ring (bicyclic) bond motifs is 1. The predicted octanol–water partition coefficient (Wildman–Crippen LogP) is 5.52. The molecule has 30 heavy (non-hydrogen) atoms. The number of amides is 2. The first-order valence-electron chi connectivity index (χ1n) is 9.57. The molecule has 0 fully saturated rings. The van der Waals surface area contributed by atoms with Gasteiger partial charge in [-0.25, -0.2) is 0 Å². The fourth-order valence-electron chi connectivity index (χ4n) is 3.56. The Balaban J connectivity index is 1.34. The zero-order valence-electron chi connectivity index (χ0n) is 16.0. The molecular weight excluding hydrogens is 416 g/mol. The fraction of sp³-hybridized carbons (Fsp3) is 0.130. The van der Waals surface area contributed by atoms with Gasteiger partial charge >= 0.3 is 0 Å². The van der Waals surface area contributed by atoms with Gasteiger partial charge < -0.3 is 14.6 Å². The van der Waals surface area contributed by atoms with E-state index in [-0.39, 0.29) is 11.8 Å². The quantitative estimate of drug-likeness (QED) is 0.460. The maximum Gasteiger partial charge on any atom is 0.265 e. The molecule has 0 unspecified atom stereocenters. The first-order valence-corrected chi connectivity index (χ1v) is 11.3. The third-order valence-corrected chi connectivity index (χ3v) is 6.76. The van der Waals surface area contributed by atoms with Gasteiger partial charge in [-0.2, -0.15) is 0 Å². The normalized spacial score (nSPS) is 13.1. The number of carbonyl (C=O) groups excluding carboxylic acids is 2. The third-order valence-electron chi connectivity index (χ3n) is 5.04. The Morgan fingerprint density at radius 2 is 1.77 bits per heavy atom. The van der Waals surface area contributed by atoms with Crippen LogP contribution in [0.2, 0.25) is 0 Å². The molecule has 0 radical (unpaired) electrons. The second-order valence-electron chi connectivity index (χ2n) is 7.03. The zero-order valence-corrected chi connectivity index (χ0v) is 17.6. The van der Waals surface area contributed by atoms with Crippen molar-refractivity contribution in [1.29, 1.82) is 0 Å². The molecule has 0 saturated carbocycles. The highest BCUT2D eigenvalue weighted by molar-refractivity contribution is 7.12. The van der Waals surface area contributed by atoms with E-state index in [1.807, 2.05) is 64.2 Å². The van der Waals surface area contributed by atoms with Crippen molar-refractivity contribution in [2.45, 2.75) is 13.0 Å². The van der Waals surface area contributed by atoms with E-state index in [9.17, 15) is 9.59 Å². The molecule has 7 heteroatoms. The van der Waals surface area contributed by atoms with Crippen LogP contribution in [0.1, 0.15) is 30.7 Å². The van der Waals surface area contributed by atoms with Crippen LogP contribution in [0.3, 0.4) is 0 Å². The molecule has 3 aromatic heterocycles. The lowest BCUT2D eigenvalue weighted by atomic mass is 10.1. The molecule has 0 atom stereocenters. The standard InChI is InChI=1S/C23H18N2O3S2/c26-22(20-6-2-10-29-20)24-17-5-1-4-15(12-17)19-13-16-14-25(9-8-18(16)28-19)23(27)21-7-3-11-30-21/h1-7,10-13H,8-9,14H2,(H,24,26). The van der Waals surface area contributed by atoms with Crippen molar-refractivity contribution in [1.82, 2.24) is 4.90 Å². The molecule has 0 saturated heterocycles. The van der Waals surface area contributed by atoms with Crippen molar-refractivity contribution >= 4 is 40.2 Å². The van der Waals surface area contributed by atoms with Crippen LogP contribution in [0.25, 0.3) is 11.3 Å². The van der Waals surface area contributed by atoms with E-state index >= 15 is 0 Å². The Bertz CT molecular complexity index is 1190. The topological polar surface area (TPSA) is 62.6 Å². The molecular formula is C23H18N2O3S2. The van der Waals surface area contributed by atoms with Crippen LogP contribution in [0.5, 0.6) is 0 Å². The predicted molar refractivity (Wildman–Crippen MR) is 119 cm³/mol. The van der Waals surface area contributed by atoms with Gasteiger partial charge in [0.05, 0.1) is 9.75 Å². The van der Waals surface area contributed by atoms with Gasteiger partial charge in [0.2, 0.25) is 0 Å². The van der Waals surface area contributed by atoms with Crippen molar-refractivity contribution in [3.63, 3.8) is 0 Å². The Kier molecular flexibility index (Phi) is 4.98. The Hall–Kier alpha value is -3.16. The van der Waals surface area contributed by atoms with Crippen LogP contribution in [0.4, 0.5) is 5.69 Å². The zero-order chi connectivity index (χ0) is 20.5. The Labute approximate surface area is 181 Å². The molecule has 2 amide bonds. The minimum Gasteiger partial charge on any atom is -0.461 e. The summed E-state index contributed by atoms with van der Waals surface area (Å²) in [6.07, 6.45) is 0.696. The molecule has 5 nitrogen and oxygen atoms in total. The average Bonchev–Trinajstić information content (AvgIpc) is 3.54. The highest BCUT2D eigenvalue weighted by atomic mass is 32.1. The highest BCUT2D eigenvalue weighted by Gasteiger charge is 2.25. The van der Waals surface area contributed by atoms with Gasteiger partial charge in [-0.1, -0.05) is 24.3 Å². The first kappa shape index (κ1) is 18.8. The molecule has 0 spiro atoms. The molecule has 1 aliphatic rings. The van der Waals surface area contributed by atoms with Gasteiger partial charge in [0.15, 0.2) is 0 Å². The number of nitrogens with zero attached hydrogens (tertiary/aromatic N) is 1. The summed E-state index contributed by atoms with van der Waals surface area (Å²) in [4.78, 5) is 28.3. The lowest BCUT2D eigenvalue weighted by molar-refractivity contribution is 0.0734. The second-order valence-corrected chi connectivity index (χ2v) is 8.92. The molecule has 1 aromatic carbocycles. The number of carbonyl (C=O) groups is 2. The third kappa shape index (κ3) is 3.69. The number of rotatable bonds is 4. The van der Waals surface area contributed by atoms with E-state index < -0.39 is 0 Å². The monoisotopic (exact) mass is 434 g/mol. The summed E-state index contributed by atoms with van der Waals surface area (Å²) in [6.45, 7) is 1.19. The van der Waals surface area contributed by atoms with Gasteiger partial charge in [-0.3, -0.25) is 9.59 Å². The van der Waals surface area contributed by atoms with Gasteiger partial charge in [-0.05, 0) is 41.1 Å². The molecule has 1 N–H and O–H groups in total. The van der Waals surface area contributed by atoms with Crippen molar-refractivity contribution in [3.8, 4) is 11.3 Å². The van der Waals surface area contributed by atoms with E-state index in [2.05, 4.69) is 5.32 Å². The Morgan fingerprint density at radius 3 is 2.53 bits per heavy atom. The maximum absolute atomic E-state index is 12.7. The number of anilines is 1. The second kappa shape index (κ2) is 7.93. The van der Waals surface area contributed by atoms with E-state index in [0.717, 1.165) is 33.2 Å². The van der Waals surface area contributed by atoms with Crippen LogP contribution in [0.15, 0.2) is 69.8 Å². The largest absolute Gasteiger partial charge is 0.461 e. The molecule has 150 valence electrons. The molecule has 0 aliphatic carbocycles. The van der Waals surface area contributed by atoms with E-state index in [1.54, 1.807) is 6.07 Å². The summed E-state index contributed by atoms with van der Waals surface area (Å²) >= 11 is 2.87. The summed E-state index contributed by atoms with van der Waals surface area (Å²) < 4.78 is 6.10. The number of thiophene rings is 2. The van der Waals surface area contributed by atoms with Gasteiger partial charge in [-0.15, -0.1) is 22.7 Å². The van der Waals surface area contributed by atoms with E-state index in [1.165, 1.54) is 22.7 Å². The fourth-order valence-corrected chi connectivity index (χ4v) is 4.87. The number of furan rings is 1. The van der Waals surface area contributed by atoms with Crippen molar-refractivity contribution < 1.29 is 14.0 Å². The minimum atomic E-state index is -0.122. The van der Waals surface area contributed by atoms with Crippen molar-refractivity contribution in [2.24, 2.45) is 0 Å². The minimum absolute atomic E-state index is 0.0664. The van der Waals surface area contributed by atoms with Gasteiger partial charge in [0.1, 0.15) is 11.5 Å². The van der Waals surface area contributed by atoms with Crippen LogP contribution >= 0.6 is 22.7 Å². The van der Waals surface area contributed by atoms with Gasteiger partial charge in [0.25, 0.3) is 11.8 Å². The number of hydrogen-bond acceptors (Lipinski definition) is 5. The van der Waals surface area contributed by atoms with Crippen LogP contribution < -0.4 is 5.32 Å². The summed E-state index contributed by atoms with van der Waals surface area (Å²) in [7, 11) is 0. The SMILES string of the molecule is O=C(Nc1cccc(-c2cc3c(o2)CCN(C(=O)c2cccs2)C3)c1)c1cccs1. The molecule has 4 aromatic rings. The van der Waals surface area contributed by atoms with Crippen LogP contribution in [-0.2, 0) is 13.0 Å². The lowest BCUT2D eigenvalue weighted by Crippen LogP contribution is -2.35. The molecule has 4 heterocycles. The van der Waals surface area contributed by atoms with E-state index in [0.29, 0.717) is 24.4 Å².